The molecule has 0 radical (unpaired) electrons. The van der Waals surface area contributed by atoms with Crippen molar-refractivity contribution < 1.29 is 9.59 Å². The molecule has 0 bridgehead atoms. The Morgan fingerprint density at radius 1 is 0.962 bits per heavy atom. The molecule has 26 heavy (non-hydrogen) atoms. The van der Waals surface area contributed by atoms with Crippen LogP contribution in [0.5, 0.6) is 0 Å². The molecule has 0 saturated carbocycles. The molecule has 0 aliphatic rings. The molecule has 0 saturated heterocycles. The Hall–Kier alpha value is -1.92. The number of unbranched alkanes of at least 4 members (excludes halogenated alkanes) is 1. The molecule has 0 aliphatic carbocycles. The summed E-state index contributed by atoms with van der Waals surface area (Å²) in [5.41, 5.74) is 1.31. The van der Waals surface area contributed by atoms with Crippen LogP contribution in [0.2, 0.25) is 0 Å². The highest BCUT2D eigenvalue weighted by atomic mass is 16.2. The molecular weight excluding hydrogens is 328 g/mol. The normalized spacial score (nSPS) is 10.7. The topological polar surface area (TPSA) is 73.5 Å². The maximum Gasteiger partial charge on any atom is 0.222 e. The summed E-state index contributed by atoms with van der Waals surface area (Å²) >= 11 is 0. The predicted molar refractivity (Wildman–Crippen MR) is 106 cm³/mol. The third kappa shape index (κ3) is 11.6. The molecule has 0 fully saturated rings. The van der Waals surface area contributed by atoms with Crippen LogP contribution in [0.15, 0.2) is 30.3 Å². The van der Waals surface area contributed by atoms with E-state index in [1.165, 1.54) is 5.56 Å². The third-order valence-electron chi connectivity index (χ3n) is 4.08. The average molecular weight is 363 g/mol. The van der Waals surface area contributed by atoms with Crippen LogP contribution in [0, 0.1) is 0 Å². The second-order valence-corrected chi connectivity index (χ2v) is 6.55. The highest BCUT2D eigenvalue weighted by Gasteiger charge is 2.05. The lowest BCUT2D eigenvalue weighted by molar-refractivity contribution is -0.123. The van der Waals surface area contributed by atoms with Gasteiger partial charge >= 0.3 is 0 Å². The number of amides is 2. The van der Waals surface area contributed by atoms with Crippen LogP contribution in [-0.2, 0) is 16.1 Å². The van der Waals surface area contributed by atoms with Crippen molar-refractivity contribution in [3.8, 4) is 0 Å². The fraction of sp³-hybridized carbons (Fsp3) is 0.600. The zero-order valence-corrected chi connectivity index (χ0v) is 16.2. The molecule has 1 aromatic carbocycles. The number of benzene rings is 1. The summed E-state index contributed by atoms with van der Waals surface area (Å²) in [4.78, 5) is 25.2. The van der Waals surface area contributed by atoms with Crippen molar-refractivity contribution in [3.63, 3.8) is 0 Å². The van der Waals surface area contributed by atoms with Gasteiger partial charge < -0.3 is 20.9 Å². The van der Waals surface area contributed by atoms with Gasteiger partial charge in [0.05, 0.1) is 6.67 Å². The number of hydrogen-bond donors (Lipinski definition) is 3. The zero-order chi connectivity index (χ0) is 19.0. The first-order valence-corrected chi connectivity index (χ1v) is 9.58. The van der Waals surface area contributed by atoms with Gasteiger partial charge in [-0.05, 0) is 45.0 Å². The van der Waals surface area contributed by atoms with Crippen LogP contribution in [-0.4, -0.2) is 50.1 Å². The lowest BCUT2D eigenvalue weighted by atomic mass is 10.2. The minimum absolute atomic E-state index is 0.0224. The Labute approximate surface area is 157 Å². The second-order valence-electron chi connectivity index (χ2n) is 6.55. The van der Waals surface area contributed by atoms with Gasteiger partial charge in [-0.1, -0.05) is 37.3 Å². The quantitative estimate of drug-likeness (QED) is 0.349. The summed E-state index contributed by atoms with van der Waals surface area (Å²) in [5.74, 6) is -0.0519. The summed E-state index contributed by atoms with van der Waals surface area (Å²) in [6.07, 6.45) is 3.98. The van der Waals surface area contributed by atoms with E-state index in [4.69, 9.17) is 0 Å². The average Bonchev–Trinajstić information content (AvgIpc) is 2.64. The van der Waals surface area contributed by atoms with Crippen molar-refractivity contribution in [1.29, 1.82) is 0 Å². The fourth-order valence-corrected chi connectivity index (χ4v) is 2.51. The highest BCUT2D eigenvalue weighted by Crippen LogP contribution is 1.98. The number of carbonyl (C=O) groups is 2. The Bertz CT molecular complexity index is 508. The SMILES string of the molecule is CCCC(=O)NCNC(=O)CCN(C)CCCCNCc1ccccc1. The third-order valence-corrected chi connectivity index (χ3v) is 4.08. The van der Waals surface area contributed by atoms with E-state index in [1.807, 2.05) is 20.0 Å². The van der Waals surface area contributed by atoms with E-state index in [9.17, 15) is 9.59 Å². The van der Waals surface area contributed by atoms with Gasteiger partial charge in [0.2, 0.25) is 11.8 Å². The number of nitrogens with zero attached hydrogens (tertiary/aromatic N) is 1. The molecule has 6 heteroatoms. The number of rotatable bonds is 14. The maximum atomic E-state index is 11.7. The summed E-state index contributed by atoms with van der Waals surface area (Å²) in [6, 6.07) is 10.4. The molecule has 0 heterocycles. The minimum Gasteiger partial charge on any atom is -0.339 e. The van der Waals surface area contributed by atoms with Gasteiger partial charge in [-0.25, -0.2) is 0 Å². The molecule has 0 aromatic heterocycles. The van der Waals surface area contributed by atoms with Crippen molar-refractivity contribution >= 4 is 11.8 Å². The number of carbonyl (C=O) groups excluding carboxylic acids is 2. The van der Waals surface area contributed by atoms with E-state index in [2.05, 4.69) is 45.1 Å². The Morgan fingerprint density at radius 3 is 2.35 bits per heavy atom. The summed E-state index contributed by atoms with van der Waals surface area (Å²) in [7, 11) is 2.04. The molecular formula is C20H34N4O2. The monoisotopic (exact) mass is 362 g/mol. The van der Waals surface area contributed by atoms with Crippen molar-refractivity contribution in [1.82, 2.24) is 20.9 Å². The Balaban J connectivity index is 1.95. The van der Waals surface area contributed by atoms with Gasteiger partial charge in [-0.2, -0.15) is 0 Å². The first kappa shape index (κ1) is 22.1. The highest BCUT2D eigenvalue weighted by molar-refractivity contribution is 5.78. The maximum absolute atomic E-state index is 11.7. The van der Waals surface area contributed by atoms with Gasteiger partial charge in [-0.3, -0.25) is 9.59 Å². The molecule has 1 rings (SSSR count). The minimum atomic E-state index is -0.0295. The molecule has 2 amide bonds. The van der Waals surface area contributed by atoms with Crippen molar-refractivity contribution in [3.05, 3.63) is 35.9 Å². The van der Waals surface area contributed by atoms with Crippen LogP contribution in [0.1, 0.15) is 44.6 Å². The van der Waals surface area contributed by atoms with E-state index >= 15 is 0 Å². The van der Waals surface area contributed by atoms with Crippen LogP contribution < -0.4 is 16.0 Å². The molecule has 0 aliphatic heterocycles. The smallest absolute Gasteiger partial charge is 0.222 e. The van der Waals surface area contributed by atoms with Crippen molar-refractivity contribution in [2.75, 3.05) is 33.4 Å². The fourth-order valence-electron chi connectivity index (χ4n) is 2.51. The van der Waals surface area contributed by atoms with Crippen molar-refractivity contribution in [2.24, 2.45) is 0 Å². The molecule has 0 spiro atoms. The lowest BCUT2D eigenvalue weighted by Gasteiger charge is -2.16. The molecule has 146 valence electrons. The molecule has 0 unspecified atom stereocenters. The van der Waals surface area contributed by atoms with E-state index < -0.39 is 0 Å². The van der Waals surface area contributed by atoms with Crippen LogP contribution in [0.4, 0.5) is 0 Å². The Kier molecular flexibility index (Phi) is 12.1. The summed E-state index contributed by atoms with van der Waals surface area (Å²) < 4.78 is 0. The molecule has 3 N–H and O–H groups in total. The predicted octanol–water partition coefficient (Wildman–Crippen LogP) is 1.87. The summed E-state index contributed by atoms with van der Waals surface area (Å²) in [5, 5.41) is 8.85. The standard InChI is InChI=1S/C20H34N4O2/c1-3-9-19(25)22-17-23-20(26)12-15-24(2)14-8-7-13-21-16-18-10-5-4-6-11-18/h4-6,10-11,21H,3,7-9,12-17H2,1-2H3,(H,22,25)(H,23,26). The number of nitrogens with one attached hydrogen (secondary N) is 3. The van der Waals surface area contributed by atoms with E-state index in [0.29, 0.717) is 12.8 Å². The second kappa shape index (κ2) is 14.3. The van der Waals surface area contributed by atoms with Gasteiger partial charge in [0.15, 0.2) is 0 Å². The first-order valence-electron chi connectivity index (χ1n) is 9.58. The molecule has 6 nitrogen and oxygen atoms in total. The van der Waals surface area contributed by atoms with Gasteiger partial charge in [-0.15, -0.1) is 0 Å². The van der Waals surface area contributed by atoms with Gasteiger partial charge in [0.1, 0.15) is 0 Å². The summed E-state index contributed by atoms with van der Waals surface area (Å²) in [6.45, 7) is 5.79. The van der Waals surface area contributed by atoms with Crippen LogP contribution >= 0.6 is 0 Å². The lowest BCUT2D eigenvalue weighted by Crippen LogP contribution is -2.38. The van der Waals surface area contributed by atoms with E-state index in [-0.39, 0.29) is 18.5 Å². The largest absolute Gasteiger partial charge is 0.339 e. The van der Waals surface area contributed by atoms with E-state index in [0.717, 1.165) is 45.4 Å². The van der Waals surface area contributed by atoms with E-state index in [1.54, 1.807) is 0 Å². The number of hydrogen-bond acceptors (Lipinski definition) is 4. The molecule has 0 atom stereocenters. The van der Waals surface area contributed by atoms with Gasteiger partial charge in [0.25, 0.3) is 0 Å². The van der Waals surface area contributed by atoms with Gasteiger partial charge in [0, 0.05) is 25.9 Å². The van der Waals surface area contributed by atoms with Crippen molar-refractivity contribution in [2.45, 2.75) is 45.6 Å². The first-order chi connectivity index (χ1) is 12.6. The zero-order valence-electron chi connectivity index (χ0n) is 16.2. The Morgan fingerprint density at radius 2 is 1.65 bits per heavy atom. The van der Waals surface area contributed by atoms with Crippen LogP contribution in [0.25, 0.3) is 0 Å². The van der Waals surface area contributed by atoms with Crippen LogP contribution in [0.3, 0.4) is 0 Å². The molecule has 1 aromatic rings.